The number of aliphatic carboxylic acids is 1. The fraction of sp³-hybridized carbons (Fsp3) is 0.650. The van der Waals surface area contributed by atoms with Gasteiger partial charge in [-0.2, -0.15) is 0 Å². The Morgan fingerprint density at radius 1 is 1.06 bits per heavy atom. The van der Waals surface area contributed by atoms with Gasteiger partial charge in [0.25, 0.3) is 0 Å². The maximum atomic E-state index is 12.7. The third kappa shape index (κ3) is 7.93. The first-order chi connectivity index (χ1) is 15.0. The molecule has 0 fully saturated rings. The Hall–Kier alpha value is -2.99. The van der Waals surface area contributed by atoms with E-state index >= 15 is 0 Å². The van der Waals surface area contributed by atoms with Crippen LogP contribution in [0.4, 0.5) is 0 Å². The molecule has 0 aromatic carbocycles. The lowest BCUT2D eigenvalue weighted by atomic mass is 9.99. The zero-order valence-corrected chi connectivity index (χ0v) is 18.8. The number of carbonyl (C=O) groups excluding carboxylic acids is 3. The van der Waals surface area contributed by atoms with Gasteiger partial charge in [0.1, 0.15) is 18.1 Å². The van der Waals surface area contributed by atoms with Crippen molar-refractivity contribution in [3.8, 4) is 0 Å². The number of carboxylic acids is 1. The Kier molecular flexibility index (Phi) is 10.8. The number of rotatable bonds is 13. The highest BCUT2D eigenvalue weighted by molar-refractivity contribution is 5.94. The first-order valence-corrected chi connectivity index (χ1v) is 10.5. The topological polar surface area (TPSA) is 200 Å². The molecule has 0 aliphatic rings. The van der Waals surface area contributed by atoms with Crippen LogP contribution in [0.5, 0.6) is 0 Å². The van der Waals surface area contributed by atoms with Gasteiger partial charge in [-0.15, -0.1) is 0 Å². The number of aliphatic hydroxyl groups is 1. The van der Waals surface area contributed by atoms with E-state index in [1.165, 1.54) is 12.5 Å². The van der Waals surface area contributed by atoms with E-state index in [4.69, 9.17) is 5.73 Å². The molecule has 5 atom stereocenters. The minimum absolute atomic E-state index is 0.0251. The predicted octanol–water partition coefficient (Wildman–Crippen LogP) is -1.49. The highest BCUT2D eigenvalue weighted by atomic mass is 16.4. The van der Waals surface area contributed by atoms with Crippen LogP contribution in [0.2, 0.25) is 0 Å². The molecule has 0 spiro atoms. The minimum atomic E-state index is -1.31. The SMILES string of the molecule is CCC(C)C(N)C(=O)NC(CO)C(=O)NC(C(=O)NC(Cc1cnc[nH]1)C(=O)O)C(C)C. The Morgan fingerprint density at radius 3 is 2.16 bits per heavy atom. The van der Waals surface area contributed by atoms with Gasteiger partial charge in [0.2, 0.25) is 17.7 Å². The molecule has 8 N–H and O–H groups in total. The summed E-state index contributed by atoms with van der Waals surface area (Å²) in [6, 6.07) is -4.51. The third-order valence-electron chi connectivity index (χ3n) is 5.22. The van der Waals surface area contributed by atoms with E-state index in [1.807, 2.05) is 6.92 Å². The quantitative estimate of drug-likeness (QED) is 0.187. The number of carbonyl (C=O) groups is 4. The number of carboxylic acid groups (broad SMARTS) is 1. The molecule has 5 unspecified atom stereocenters. The lowest BCUT2D eigenvalue weighted by Gasteiger charge is -2.27. The summed E-state index contributed by atoms with van der Waals surface area (Å²) in [5.74, 6) is -3.87. The summed E-state index contributed by atoms with van der Waals surface area (Å²) in [5, 5.41) is 26.3. The average Bonchev–Trinajstić information content (AvgIpc) is 3.26. The summed E-state index contributed by atoms with van der Waals surface area (Å²) >= 11 is 0. The summed E-state index contributed by atoms with van der Waals surface area (Å²) in [7, 11) is 0. The van der Waals surface area contributed by atoms with Crippen LogP contribution < -0.4 is 21.7 Å². The van der Waals surface area contributed by atoms with Crippen LogP contribution in [0.1, 0.15) is 39.8 Å². The van der Waals surface area contributed by atoms with Crippen LogP contribution in [0.3, 0.4) is 0 Å². The van der Waals surface area contributed by atoms with Crippen molar-refractivity contribution in [2.24, 2.45) is 17.6 Å². The van der Waals surface area contributed by atoms with Gasteiger partial charge in [0.15, 0.2) is 0 Å². The molecule has 1 aromatic rings. The first kappa shape index (κ1) is 27.0. The Morgan fingerprint density at radius 2 is 1.69 bits per heavy atom. The Labute approximate surface area is 186 Å². The van der Waals surface area contributed by atoms with E-state index in [2.05, 4.69) is 25.9 Å². The number of hydrogen-bond donors (Lipinski definition) is 7. The second-order valence-electron chi connectivity index (χ2n) is 8.07. The lowest BCUT2D eigenvalue weighted by Crippen LogP contribution is -2.59. The molecule has 180 valence electrons. The zero-order chi connectivity index (χ0) is 24.4. The van der Waals surface area contributed by atoms with Crippen molar-refractivity contribution < 1.29 is 29.4 Å². The molecule has 0 bridgehead atoms. The highest BCUT2D eigenvalue weighted by Gasteiger charge is 2.32. The first-order valence-electron chi connectivity index (χ1n) is 10.5. The average molecular weight is 455 g/mol. The van der Waals surface area contributed by atoms with E-state index in [9.17, 15) is 29.4 Å². The summed E-state index contributed by atoms with van der Waals surface area (Å²) in [5.41, 5.74) is 6.38. The molecule has 1 aromatic heterocycles. The van der Waals surface area contributed by atoms with Crippen molar-refractivity contribution in [1.82, 2.24) is 25.9 Å². The molecule has 1 heterocycles. The molecular weight excluding hydrogens is 420 g/mol. The number of nitrogens with zero attached hydrogens (tertiary/aromatic N) is 1. The molecule has 12 nitrogen and oxygen atoms in total. The molecule has 0 saturated heterocycles. The number of amides is 3. The van der Waals surface area contributed by atoms with Gasteiger partial charge in [-0.25, -0.2) is 9.78 Å². The summed E-state index contributed by atoms with van der Waals surface area (Å²) < 4.78 is 0. The van der Waals surface area contributed by atoms with Crippen molar-refractivity contribution >= 4 is 23.7 Å². The number of H-pyrrole nitrogens is 1. The summed E-state index contributed by atoms with van der Waals surface area (Å²) in [6.45, 7) is 6.30. The lowest BCUT2D eigenvalue weighted by molar-refractivity contribution is -0.142. The van der Waals surface area contributed by atoms with Crippen LogP contribution in [0.25, 0.3) is 0 Å². The number of imidazole rings is 1. The van der Waals surface area contributed by atoms with Crippen molar-refractivity contribution in [2.75, 3.05) is 6.61 Å². The Bertz CT molecular complexity index is 769. The molecule has 1 rings (SSSR count). The van der Waals surface area contributed by atoms with Gasteiger partial charge in [-0.05, 0) is 11.8 Å². The number of nitrogens with one attached hydrogen (secondary N) is 4. The summed E-state index contributed by atoms with van der Waals surface area (Å²) in [6.07, 6.45) is 3.47. The number of aliphatic hydroxyl groups excluding tert-OH is 1. The van der Waals surface area contributed by atoms with Crippen LogP contribution in [-0.2, 0) is 25.6 Å². The zero-order valence-electron chi connectivity index (χ0n) is 18.8. The largest absolute Gasteiger partial charge is 0.480 e. The number of aromatic nitrogens is 2. The molecule has 3 amide bonds. The van der Waals surface area contributed by atoms with Gasteiger partial charge in [-0.3, -0.25) is 14.4 Å². The number of hydrogen-bond acceptors (Lipinski definition) is 7. The fourth-order valence-corrected chi connectivity index (χ4v) is 2.84. The predicted molar refractivity (Wildman–Crippen MR) is 115 cm³/mol. The fourth-order valence-electron chi connectivity index (χ4n) is 2.84. The third-order valence-corrected chi connectivity index (χ3v) is 5.22. The van der Waals surface area contributed by atoms with E-state index in [-0.39, 0.29) is 12.3 Å². The smallest absolute Gasteiger partial charge is 0.326 e. The highest BCUT2D eigenvalue weighted by Crippen LogP contribution is 2.07. The molecular formula is C20H34N6O6. The van der Waals surface area contributed by atoms with Gasteiger partial charge < -0.3 is 36.9 Å². The second kappa shape index (κ2) is 12.8. The molecule has 0 radical (unpaired) electrons. The molecule has 0 saturated carbocycles. The maximum Gasteiger partial charge on any atom is 0.326 e. The monoisotopic (exact) mass is 454 g/mol. The number of aromatic amines is 1. The van der Waals surface area contributed by atoms with E-state index < -0.39 is 60.4 Å². The molecule has 12 heteroatoms. The van der Waals surface area contributed by atoms with E-state index in [1.54, 1.807) is 20.8 Å². The van der Waals surface area contributed by atoms with E-state index in [0.717, 1.165) is 0 Å². The van der Waals surface area contributed by atoms with Crippen LogP contribution in [-0.4, -0.2) is 74.6 Å². The van der Waals surface area contributed by atoms with Crippen molar-refractivity contribution in [2.45, 2.75) is 64.7 Å². The van der Waals surface area contributed by atoms with Crippen molar-refractivity contribution in [1.29, 1.82) is 0 Å². The normalized spacial score (nSPS) is 15.8. The van der Waals surface area contributed by atoms with Gasteiger partial charge in [0, 0.05) is 18.3 Å². The standard InChI is InChI=1S/C20H34N6O6/c1-5-11(4)15(21)18(29)25-14(8-27)17(28)26-16(10(2)3)19(30)24-13(20(31)32)6-12-7-22-9-23-12/h7,9-11,13-16,27H,5-6,8,21H2,1-4H3,(H,22,23)(H,24,30)(H,25,29)(H,26,28)(H,31,32). The van der Waals surface area contributed by atoms with Gasteiger partial charge in [-0.1, -0.05) is 34.1 Å². The van der Waals surface area contributed by atoms with Crippen molar-refractivity contribution in [3.05, 3.63) is 18.2 Å². The van der Waals surface area contributed by atoms with Gasteiger partial charge >= 0.3 is 5.97 Å². The van der Waals surface area contributed by atoms with Crippen molar-refractivity contribution in [3.63, 3.8) is 0 Å². The Balaban J connectivity index is 2.84. The van der Waals surface area contributed by atoms with Crippen LogP contribution in [0, 0.1) is 11.8 Å². The molecule has 0 aliphatic carbocycles. The second-order valence-corrected chi connectivity index (χ2v) is 8.07. The van der Waals surface area contributed by atoms with Crippen LogP contribution >= 0.6 is 0 Å². The maximum absolute atomic E-state index is 12.7. The van der Waals surface area contributed by atoms with E-state index in [0.29, 0.717) is 12.1 Å². The number of nitrogens with two attached hydrogens (primary N) is 1. The molecule has 32 heavy (non-hydrogen) atoms. The minimum Gasteiger partial charge on any atom is -0.480 e. The van der Waals surface area contributed by atoms with Crippen LogP contribution in [0.15, 0.2) is 12.5 Å². The summed E-state index contributed by atoms with van der Waals surface area (Å²) in [4.78, 5) is 55.8. The molecule has 0 aliphatic heterocycles. The van der Waals surface area contributed by atoms with Gasteiger partial charge in [0.05, 0.1) is 19.0 Å².